The number of hydrogen-bond acceptors (Lipinski definition) is 2. The smallest absolute Gasteiger partial charge is 0.257 e. The largest absolute Gasteiger partial charge is 0.398 e. The maximum Gasteiger partial charge on any atom is 0.257 e. The molecule has 2 aromatic rings. The summed E-state index contributed by atoms with van der Waals surface area (Å²) in [7, 11) is 0. The van der Waals surface area contributed by atoms with Crippen LogP contribution in [0.1, 0.15) is 22.8 Å². The van der Waals surface area contributed by atoms with Gasteiger partial charge < -0.3 is 11.1 Å². The van der Waals surface area contributed by atoms with Crippen molar-refractivity contribution >= 4 is 44.8 Å². The van der Waals surface area contributed by atoms with Crippen LogP contribution in [0.2, 0.25) is 5.02 Å². The van der Waals surface area contributed by atoms with Gasteiger partial charge in [-0.2, -0.15) is 0 Å². The van der Waals surface area contributed by atoms with Crippen LogP contribution in [0.25, 0.3) is 0 Å². The van der Waals surface area contributed by atoms with Crippen molar-refractivity contribution in [3.8, 4) is 0 Å². The van der Waals surface area contributed by atoms with Gasteiger partial charge in [-0.25, -0.2) is 0 Å². The summed E-state index contributed by atoms with van der Waals surface area (Å²) in [6, 6.07) is 10.7. The summed E-state index contributed by atoms with van der Waals surface area (Å²) in [6.07, 6.45) is 0.859. The lowest BCUT2D eigenvalue weighted by Crippen LogP contribution is -2.13. The van der Waals surface area contributed by atoms with Crippen LogP contribution in [-0.2, 0) is 6.42 Å². The third-order valence-corrected chi connectivity index (χ3v) is 4.28. The minimum atomic E-state index is -0.264. The number of nitrogen functional groups attached to an aromatic ring is 1. The molecule has 0 unspecified atom stereocenters. The molecule has 0 saturated carbocycles. The van der Waals surface area contributed by atoms with Crippen molar-refractivity contribution < 1.29 is 4.79 Å². The molecule has 3 N–H and O–H groups in total. The highest BCUT2D eigenvalue weighted by Crippen LogP contribution is 2.27. The summed E-state index contributed by atoms with van der Waals surface area (Å²) in [5.41, 5.74) is 8.72. The van der Waals surface area contributed by atoms with Gasteiger partial charge in [0, 0.05) is 15.8 Å². The minimum Gasteiger partial charge on any atom is -0.398 e. The zero-order chi connectivity index (χ0) is 14.7. The molecule has 2 aromatic carbocycles. The average Bonchev–Trinajstić information content (AvgIpc) is 2.42. The van der Waals surface area contributed by atoms with E-state index in [-0.39, 0.29) is 5.91 Å². The summed E-state index contributed by atoms with van der Waals surface area (Å²) < 4.78 is 0.688. The Morgan fingerprint density at radius 2 is 2.10 bits per heavy atom. The number of carbonyl (C=O) groups is 1. The molecule has 0 aliphatic rings. The zero-order valence-corrected chi connectivity index (χ0v) is 13.3. The van der Waals surface area contributed by atoms with Crippen LogP contribution in [0, 0.1) is 0 Å². The van der Waals surface area contributed by atoms with Crippen LogP contribution in [0.3, 0.4) is 0 Å². The second-order valence-electron chi connectivity index (χ2n) is 4.32. The Balaban J connectivity index is 2.24. The number of benzene rings is 2. The number of carbonyl (C=O) groups excluding carboxylic acids is 1. The molecule has 20 heavy (non-hydrogen) atoms. The molecule has 0 aliphatic heterocycles. The second kappa shape index (κ2) is 6.29. The molecule has 3 nitrogen and oxygen atoms in total. The molecule has 5 heteroatoms. The van der Waals surface area contributed by atoms with Gasteiger partial charge in [-0.1, -0.05) is 30.7 Å². The summed E-state index contributed by atoms with van der Waals surface area (Å²) in [6.45, 7) is 2.03. The maximum atomic E-state index is 12.2. The van der Waals surface area contributed by atoms with Crippen LogP contribution in [0.4, 0.5) is 11.4 Å². The summed E-state index contributed by atoms with van der Waals surface area (Å²) in [5, 5.41) is 3.19. The van der Waals surface area contributed by atoms with E-state index in [9.17, 15) is 4.79 Å². The van der Waals surface area contributed by atoms with Gasteiger partial charge in [0.1, 0.15) is 0 Å². The first kappa shape index (κ1) is 14.9. The van der Waals surface area contributed by atoms with E-state index in [1.54, 1.807) is 24.3 Å². The highest BCUT2D eigenvalue weighted by Gasteiger charge is 2.12. The van der Waals surface area contributed by atoms with Crippen LogP contribution < -0.4 is 11.1 Å². The lowest BCUT2D eigenvalue weighted by Gasteiger charge is -2.10. The first-order valence-corrected chi connectivity index (χ1v) is 7.33. The fourth-order valence-corrected chi connectivity index (χ4v) is 2.45. The third kappa shape index (κ3) is 3.14. The number of nitrogens with two attached hydrogens (primary N) is 1. The molecule has 0 fully saturated rings. The van der Waals surface area contributed by atoms with Crippen LogP contribution in [0.15, 0.2) is 40.9 Å². The lowest BCUT2D eigenvalue weighted by atomic mass is 10.1. The maximum absolute atomic E-state index is 12.2. The lowest BCUT2D eigenvalue weighted by molar-refractivity contribution is 0.102. The number of hydrogen-bond donors (Lipinski definition) is 2. The van der Waals surface area contributed by atoms with Crippen molar-refractivity contribution in [2.75, 3.05) is 11.1 Å². The third-order valence-electron chi connectivity index (χ3n) is 2.98. The van der Waals surface area contributed by atoms with Gasteiger partial charge in [0.2, 0.25) is 0 Å². The number of rotatable bonds is 3. The van der Waals surface area contributed by atoms with Crippen molar-refractivity contribution in [1.82, 2.24) is 0 Å². The number of anilines is 2. The Hall–Kier alpha value is -1.52. The van der Waals surface area contributed by atoms with Gasteiger partial charge in [-0.3, -0.25) is 4.79 Å². The Labute approximate surface area is 131 Å². The van der Waals surface area contributed by atoms with Gasteiger partial charge in [-0.05, 0) is 52.2 Å². The molecular formula is C15H14BrClN2O. The SMILES string of the molecule is CCc1ccc(NC(=O)c2cccc(Br)c2Cl)cc1N. The van der Waals surface area contributed by atoms with Crippen LogP contribution >= 0.6 is 27.5 Å². The predicted octanol–water partition coefficient (Wildman–Crippen LogP) is 4.50. The van der Waals surface area contributed by atoms with Crippen molar-refractivity contribution in [1.29, 1.82) is 0 Å². The van der Waals surface area contributed by atoms with Gasteiger partial charge >= 0.3 is 0 Å². The molecular weight excluding hydrogens is 340 g/mol. The summed E-state index contributed by atoms with van der Waals surface area (Å²) in [5.74, 6) is -0.264. The van der Waals surface area contributed by atoms with E-state index in [1.807, 2.05) is 19.1 Å². The number of halogens is 2. The molecule has 104 valence electrons. The second-order valence-corrected chi connectivity index (χ2v) is 5.55. The number of amides is 1. The fraction of sp³-hybridized carbons (Fsp3) is 0.133. The average molecular weight is 354 g/mol. The van der Waals surface area contributed by atoms with Crippen LogP contribution in [0.5, 0.6) is 0 Å². The number of aryl methyl sites for hydroxylation is 1. The van der Waals surface area contributed by atoms with Crippen molar-refractivity contribution in [2.24, 2.45) is 0 Å². The normalized spacial score (nSPS) is 10.3. The van der Waals surface area contributed by atoms with Crippen molar-refractivity contribution in [3.63, 3.8) is 0 Å². The van der Waals surface area contributed by atoms with E-state index in [2.05, 4.69) is 21.2 Å². The van der Waals surface area contributed by atoms with Gasteiger partial charge in [0.15, 0.2) is 0 Å². The Morgan fingerprint density at radius 1 is 1.35 bits per heavy atom. The Morgan fingerprint density at radius 3 is 2.75 bits per heavy atom. The first-order chi connectivity index (χ1) is 9.52. The first-order valence-electron chi connectivity index (χ1n) is 6.16. The van der Waals surface area contributed by atoms with E-state index in [4.69, 9.17) is 17.3 Å². The van der Waals surface area contributed by atoms with Gasteiger partial charge in [0.25, 0.3) is 5.91 Å². The molecule has 2 rings (SSSR count). The van der Waals surface area contributed by atoms with Gasteiger partial charge in [0.05, 0.1) is 10.6 Å². The highest BCUT2D eigenvalue weighted by atomic mass is 79.9. The quantitative estimate of drug-likeness (QED) is 0.798. The summed E-state index contributed by atoms with van der Waals surface area (Å²) >= 11 is 9.40. The molecule has 0 saturated heterocycles. The minimum absolute atomic E-state index is 0.264. The summed E-state index contributed by atoms with van der Waals surface area (Å²) in [4.78, 5) is 12.2. The Bertz CT molecular complexity index is 658. The molecule has 0 bridgehead atoms. The molecule has 0 atom stereocenters. The molecule has 0 heterocycles. The molecule has 0 aliphatic carbocycles. The molecule has 0 radical (unpaired) electrons. The topological polar surface area (TPSA) is 55.1 Å². The van der Waals surface area contributed by atoms with E-state index in [0.29, 0.717) is 26.4 Å². The Kier molecular flexibility index (Phi) is 4.68. The number of nitrogens with one attached hydrogen (secondary N) is 1. The predicted molar refractivity (Wildman–Crippen MR) is 87.3 cm³/mol. The van der Waals surface area contributed by atoms with E-state index < -0.39 is 0 Å². The molecule has 1 amide bonds. The van der Waals surface area contributed by atoms with Crippen LogP contribution in [-0.4, -0.2) is 5.91 Å². The van der Waals surface area contributed by atoms with Crippen molar-refractivity contribution in [3.05, 3.63) is 57.0 Å². The monoisotopic (exact) mass is 352 g/mol. The van der Waals surface area contributed by atoms with E-state index >= 15 is 0 Å². The standard InChI is InChI=1S/C15H14BrClN2O/c1-2-9-6-7-10(8-13(9)18)19-15(20)11-4-3-5-12(16)14(11)17/h3-8H,2,18H2,1H3,(H,19,20). The van der Waals surface area contributed by atoms with Crippen molar-refractivity contribution in [2.45, 2.75) is 13.3 Å². The highest BCUT2D eigenvalue weighted by molar-refractivity contribution is 9.10. The van der Waals surface area contributed by atoms with Gasteiger partial charge in [-0.15, -0.1) is 0 Å². The molecule has 0 aromatic heterocycles. The zero-order valence-electron chi connectivity index (χ0n) is 10.9. The van der Waals surface area contributed by atoms with E-state index in [0.717, 1.165) is 12.0 Å². The van der Waals surface area contributed by atoms with E-state index in [1.165, 1.54) is 0 Å². The molecule has 0 spiro atoms. The fourth-order valence-electron chi connectivity index (χ4n) is 1.87.